The third-order valence-corrected chi connectivity index (χ3v) is 4.63. The molecule has 1 saturated carbocycles. The molecule has 0 amide bonds. The molecule has 3 rings (SSSR count). The largest absolute Gasteiger partial charge is 0.370 e. The van der Waals surface area contributed by atoms with Gasteiger partial charge in [0.1, 0.15) is 0 Å². The Kier molecular flexibility index (Phi) is 2.44. The van der Waals surface area contributed by atoms with E-state index in [4.69, 9.17) is 0 Å². The van der Waals surface area contributed by atoms with Crippen molar-refractivity contribution in [3.05, 3.63) is 22.9 Å². The van der Waals surface area contributed by atoms with Gasteiger partial charge >= 0.3 is 0 Å². The molecule has 1 aromatic heterocycles. The fourth-order valence-electron chi connectivity index (χ4n) is 2.72. The maximum atomic E-state index is 13.2. The first-order chi connectivity index (χ1) is 8.04. The van der Waals surface area contributed by atoms with Crippen molar-refractivity contribution in [2.75, 3.05) is 18.0 Å². The lowest BCUT2D eigenvalue weighted by molar-refractivity contribution is 0.0537. The number of anilines is 1. The van der Waals surface area contributed by atoms with Crippen molar-refractivity contribution >= 4 is 21.6 Å². The van der Waals surface area contributed by atoms with E-state index < -0.39 is 11.3 Å². The van der Waals surface area contributed by atoms with Gasteiger partial charge in [0.15, 0.2) is 0 Å². The second kappa shape index (κ2) is 3.64. The molecule has 1 saturated heterocycles. The minimum atomic E-state index is -2.41. The third-order valence-electron chi connectivity index (χ3n) is 4.02. The summed E-state index contributed by atoms with van der Waals surface area (Å²) in [6, 6.07) is 1.92. The molecule has 2 nitrogen and oxygen atoms in total. The normalized spacial score (nSPS) is 25.0. The fraction of sp³-hybridized carbons (Fsp3) is 0.583. The first-order valence-electron chi connectivity index (χ1n) is 5.76. The predicted molar refractivity (Wildman–Crippen MR) is 65.4 cm³/mol. The van der Waals surface area contributed by atoms with Gasteiger partial charge in [-0.3, -0.25) is 4.98 Å². The minimum Gasteiger partial charge on any atom is -0.370 e. The molecule has 0 N–H and O–H groups in total. The summed E-state index contributed by atoms with van der Waals surface area (Å²) in [6.07, 6.45) is 4.75. The number of nitrogens with zero attached hydrogens (tertiary/aromatic N) is 2. The molecular formula is C12H13BrF2N2. The smallest absolute Gasteiger partial charge is 0.254 e. The van der Waals surface area contributed by atoms with Crippen LogP contribution in [0.25, 0.3) is 0 Å². The molecule has 92 valence electrons. The van der Waals surface area contributed by atoms with Gasteiger partial charge in [-0.25, -0.2) is 8.78 Å². The van der Waals surface area contributed by atoms with Crippen molar-refractivity contribution < 1.29 is 8.78 Å². The van der Waals surface area contributed by atoms with Gasteiger partial charge in [0.05, 0.1) is 10.2 Å². The van der Waals surface area contributed by atoms with Gasteiger partial charge in [-0.2, -0.15) is 0 Å². The summed E-state index contributed by atoms with van der Waals surface area (Å²) in [4.78, 5) is 6.17. The van der Waals surface area contributed by atoms with Crippen LogP contribution in [0.5, 0.6) is 0 Å². The van der Waals surface area contributed by atoms with Gasteiger partial charge in [-0.05, 0) is 34.8 Å². The highest BCUT2D eigenvalue weighted by Gasteiger charge is 2.70. The topological polar surface area (TPSA) is 16.1 Å². The second-order valence-electron chi connectivity index (χ2n) is 4.98. The van der Waals surface area contributed by atoms with Gasteiger partial charge in [0.2, 0.25) is 0 Å². The molecule has 0 radical (unpaired) electrons. The van der Waals surface area contributed by atoms with E-state index in [1.165, 1.54) is 0 Å². The summed E-state index contributed by atoms with van der Waals surface area (Å²) >= 11 is 3.45. The van der Waals surface area contributed by atoms with E-state index >= 15 is 0 Å². The van der Waals surface area contributed by atoms with Crippen LogP contribution in [0.4, 0.5) is 14.5 Å². The molecule has 17 heavy (non-hydrogen) atoms. The molecule has 0 aromatic carbocycles. The Morgan fingerprint density at radius 2 is 1.94 bits per heavy atom. The Bertz CT molecular complexity index is 442. The quantitative estimate of drug-likeness (QED) is 0.790. The molecule has 5 heteroatoms. The molecule has 2 aliphatic rings. The summed E-state index contributed by atoms with van der Waals surface area (Å²) in [5.41, 5.74) is 0.377. The molecular weight excluding hydrogens is 290 g/mol. The van der Waals surface area contributed by atoms with Crippen molar-refractivity contribution in [2.45, 2.75) is 25.2 Å². The first-order valence-corrected chi connectivity index (χ1v) is 6.56. The van der Waals surface area contributed by atoms with E-state index in [-0.39, 0.29) is 6.42 Å². The summed E-state index contributed by atoms with van der Waals surface area (Å²) in [6.45, 7) is 1.41. The van der Waals surface area contributed by atoms with E-state index in [0.29, 0.717) is 25.9 Å². The molecule has 0 unspecified atom stereocenters. The zero-order valence-corrected chi connectivity index (χ0v) is 10.9. The number of halogens is 3. The zero-order chi connectivity index (χ0) is 12.1. The predicted octanol–water partition coefficient (Wildman–Crippen LogP) is 3.47. The average Bonchev–Trinajstić information content (AvgIpc) is 2.82. The van der Waals surface area contributed by atoms with Crippen molar-refractivity contribution in [1.29, 1.82) is 0 Å². The number of hydrogen-bond donors (Lipinski definition) is 0. The number of pyridine rings is 1. The van der Waals surface area contributed by atoms with Crippen LogP contribution in [0.2, 0.25) is 0 Å². The van der Waals surface area contributed by atoms with E-state index in [9.17, 15) is 8.78 Å². The summed E-state index contributed by atoms with van der Waals surface area (Å²) < 4.78 is 27.4. The van der Waals surface area contributed by atoms with Gasteiger partial charge in [-0.15, -0.1) is 0 Å². The van der Waals surface area contributed by atoms with Crippen LogP contribution in [0.1, 0.15) is 19.3 Å². The molecule has 0 atom stereocenters. The molecule has 1 aliphatic heterocycles. The van der Waals surface area contributed by atoms with Crippen LogP contribution in [-0.2, 0) is 0 Å². The van der Waals surface area contributed by atoms with Gasteiger partial charge in [0, 0.05) is 37.3 Å². The molecule has 1 aliphatic carbocycles. The highest BCUT2D eigenvalue weighted by atomic mass is 79.9. The maximum absolute atomic E-state index is 13.2. The first kappa shape index (κ1) is 11.4. The van der Waals surface area contributed by atoms with E-state index in [0.717, 1.165) is 10.2 Å². The lowest BCUT2D eigenvalue weighted by Crippen LogP contribution is -2.36. The van der Waals surface area contributed by atoms with E-state index in [1.807, 2.05) is 6.07 Å². The summed E-state index contributed by atoms with van der Waals surface area (Å²) in [7, 11) is 0. The maximum Gasteiger partial charge on any atom is 0.254 e. The van der Waals surface area contributed by atoms with Crippen LogP contribution in [0.15, 0.2) is 22.9 Å². The lowest BCUT2D eigenvalue weighted by atomic mass is 9.92. The van der Waals surface area contributed by atoms with Crippen molar-refractivity contribution in [3.63, 3.8) is 0 Å². The fourth-order valence-corrected chi connectivity index (χ4v) is 3.22. The second-order valence-corrected chi connectivity index (χ2v) is 5.83. The van der Waals surface area contributed by atoms with Crippen LogP contribution in [0, 0.1) is 5.41 Å². The van der Waals surface area contributed by atoms with E-state index in [2.05, 4.69) is 25.8 Å². The Hall–Kier alpha value is -0.710. The summed E-state index contributed by atoms with van der Waals surface area (Å²) in [5.74, 6) is -2.41. The molecule has 0 bridgehead atoms. The number of aromatic nitrogens is 1. The van der Waals surface area contributed by atoms with Crippen LogP contribution >= 0.6 is 15.9 Å². The van der Waals surface area contributed by atoms with Gasteiger partial charge in [-0.1, -0.05) is 0 Å². The Morgan fingerprint density at radius 3 is 2.47 bits per heavy atom. The minimum absolute atomic E-state index is 0.0886. The molecule has 1 spiro atoms. The van der Waals surface area contributed by atoms with E-state index in [1.54, 1.807) is 12.4 Å². The monoisotopic (exact) mass is 302 g/mol. The van der Waals surface area contributed by atoms with Crippen LogP contribution in [0.3, 0.4) is 0 Å². The summed E-state index contributed by atoms with van der Waals surface area (Å²) in [5, 5.41) is 0. The van der Waals surface area contributed by atoms with Gasteiger partial charge < -0.3 is 4.90 Å². The molecule has 2 heterocycles. The average molecular weight is 303 g/mol. The Labute approximate surface area is 107 Å². The van der Waals surface area contributed by atoms with Gasteiger partial charge in [0.25, 0.3) is 5.92 Å². The zero-order valence-electron chi connectivity index (χ0n) is 9.30. The SMILES string of the molecule is FC1(F)CC12CCN(c1ccncc1Br)CC2. The Balaban J connectivity index is 1.72. The van der Waals surface area contributed by atoms with Crippen LogP contribution in [-0.4, -0.2) is 24.0 Å². The lowest BCUT2D eigenvalue weighted by Gasteiger charge is -2.34. The highest BCUT2D eigenvalue weighted by molar-refractivity contribution is 9.10. The highest BCUT2D eigenvalue weighted by Crippen LogP contribution is 2.66. The van der Waals surface area contributed by atoms with Crippen LogP contribution < -0.4 is 4.90 Å². The van der Waals surface area contributed by atoms with Crippen molar-refractivity contribution in [3.8, 4) is 0 Å². The van der Waals surface area contributed by atoms with Crippen molar-refractivity contribution in [2.24, 2.45) is 5.41 Å². The Morgan fingerprint density at radius 1 is 1.29 bits per heavy atom. The third kappa shape index (κ3) is 1.75. The number of hydrogen-bond acceptors (Lipinski definition) is 2. The standard InChI is InChI=1S/C12H13BrF2N2/c13-9-7-16-4-1-10(9)17-5-2-11(3-6-17)8-12(11,14)15/h1,4,7H,2-3,5-6,8H2. The number of piperidine rings is 1. The number of alkyl halides is 2. The molecule has 2 fully saturated rings. The number of rotatable bonds is 1. The molecule has 1 aromatic rings. The van der Waals surface area contributed by atoms with Crippen molar-refractivity contribution in [1.82, 2.24) is 4.98 Å².